The van der Waals surface area contributed by atoms with Crippen molar-refractivity contribution in [1.29, 1.82) is 0 Å². The minimum atomic E-state index is -0.616. The number of carbonyl (C=O) groups excluding carboxylic acids is 4. The Kier molecular flexibility index (Phi) is 25.4. The van der Waals surface area contributed by atoms with Crippen LogP contribution in [-0.2, 0) is 38.1 Å². The zero-order chi connectivity index (χ0) is 39.2. The summed E-state index contributed by atoms with van der Waals surface area (Å²) >= 11 is 0. The first-order valence-electron chi connectivity index (χ1n) is 19.1. The van der Waals surface area contributed by atoms with Gasteiger partial charge in [0.05, 0.1) is 58.9 Å². The van der Waals surface area contributed by atoms with E-state index in [1.165, 1.54) is 0 Å². The average Bonchev–Trinajstić information content (AvgIpc) is 3.12. The molecule has 1 aromatic rings. The van der Waals surface area contributed by atoms with Gasteiger partial charge in [-0.15, -0.1) is 5.92 Å². The lowest BCUT2D eigenvalue weighted by atomic mass is 10.0. The van der Waals surface area contributed by atoms with Crippen LogP contribution in [0.3, 0.4) is 0 Å². The molecule has 7 N–H and O–H groups in total. The van der Waals surface area contributed by atoms with Crippen LogP contribution in [0.5, 0.6) is 0 Å². The number of anilines is 1. The molecule has 0 spiro atoms. The molecular formula is C39H63N6O9. The molecule has 0 aromatic heterocycles. The molecule has 0 bridgehead atoms. The normalized spacial score (nSPS) is 15.2. The Morgan fingerprint density at radius 1 is 0.852 bits per heavy atom. The summed E-state index contributed by atoms with van der Waals surface area (Å²) < 4.78 is 27.7. The minimum Gasteiger partial charge on any atom is -0.379 e. The van der Waals surface area contributed by atoms with Gasteiger partial charge in [-0.2, -0.15) is 0 Å². The second-order valence-corrected chi connectivity index (χ2v) is 13.3. The topological polar surface area (TPSA) is 201 Å². The number of hydrogen-bond acceptors (Lipinski definition) is 10. The summed E-state index contributed by atoms with van der Waals surface area (Å²) in [6.07, 6.45) is 6.12. The van der Waals surface area contributed by atoms with Gasteiger partial charge >= 0.3 is 6.03 Å². The van der Waals surface area contributed by atoms with Crippen molar-refractivity contribution >= 4 is 29.4 Å². The van der Waals surface area contributed by atoms with Crippen LogP contribution < -0.4 is 32.3 Å². The summed E-state index contributed by atoms with van der Waals surface area (Å²) in [6, 6.07) is 5.79. The maximum Gasteiger partial charge on any atom is 0.312 e. The number of primary amides is 1. The Bertz CT molecular complexity index is 1270. The first-order chi connectivity index (χ1) is 26.1. The van der Waals surface area contributed by atoms with Crippen molar-refractivity contribution in [1.82, 2.24) is 21.3 Å². The summed E-state index contributed by atoms with van der Waals surface area (Å²) in [5, 5.41) is 14.6. The molecule has 5 amide bonds. The molecule has 3 atom stereocenters. The van der Waals surface area contributed by atoms with Gasteiger partial charge in [0.1, 0.15) is 12.7 Å². The number of rotatable bonds is 29. The van der Waals surface area contributed by atoms with Crippen molar-refractivity contribution in [2.45, 2.75) is 83.4 Å². The van der Waals surface area contributed by atoms with Gasteiger partial charge in [0.25, 0.3) is 0 Å². The predicted molar refractivity (Wildman–Crippen MR) is 206 cm³/mol. The van der Waals surface area contributed by atoms with E-state index in [9.17, 15) is 19.2 Å². The highest BCUT2D eigenvalue weighted by Gasteiger charge is 2.22. The molecule has 2 rings (SSSR count). The summed E-state index contributed by atoms with van der Waals surface area (Å²) in [6.45, 7) is 11.9. The highest BCUT2D eigenvalue weighted by Crippen LogP contribution is 2.12. The molecule has 0 fully saturated rings. The van der Waals surface area contributed by atoms with Gasteiger partial charge < -0.3 is 56.0 Å². The molecule has 1 aliphatic rings. The van der Waals surface area contributed by atoms with E-state index in [-0.39, 0.29) is 55.4 Å². The zero-order valence-corrected chi connectivity index (χ0v) is 32.2. The molecule has 15 heteroatoms. The molecular weight excluding hydrogens is 696 g/mol. The second kappa shape index (κ2) is 29.6. The number of benzene rings is 1. The SMILES string of the molecule is [CH2]c1ccc(NC(=O)[C@H](CCCNC(N)=O)NC[C@@H](NC(=O)CCOCCOCCOCCOCCNC(=O)COC2C#CCCCCC2)C(C)C)cc1. The Balaban J connectivity index is 1.50. The Labute approximate surface area is 321 Å². The zero-order valence-electron chi connectivity index (χ0n) is 32.2. The van der Waals surface area contributed by atoms with Gasteiger partial charge in [-0.1, -0.05) is 38.3 Å². The molecule has 1 radical (unpaired) electrons. The fourth-order valence-electron chi connectivity index (χ4n) is 5.18. The van der Waals surface area contributed by atoms with Crippen LogP contribution in [-0.4, -0.2) is 121 Å². The van der Waals surface area contributed by atoms with Gasteiger partial charge in [0.2, 0.25) is 17.7 Å². The van der Waals surface area contributed by atoms with Crippen LogP contribution in [0.2, 0.25) is 0 Å². The van der Waals surface area contributed by atoms with Crippen LogP contribution >= 0.6 is 0 Å². The van der Waals surface area contributed by atoms with E-state index in [4.69, 9.17) is 29.4 Å². The fourth-order valence-corrected chi connectivity index (χ4v) is 5.18. The highest BCUT2D eigenvalue weighted by atomic mass is 16.6. The van der Waals surface area contributed by atoms with E-state index < -0.39 is 12.1 Å². The molecule has 54 heavy (non-hydrogen) atoms. The number of carbonyl (C=O) groups is 4. The molecule has 0 saturated carbocycles. The van der Waals surface area contributed by atoms with Gasteiger partial charge in [-0.05, 0) is 62.6 Å². The van der Waals surface area contributed by atoms with Crippen LogP contribution in [0.25, 0.3) is 0 Å². The van der Waals surface area contributed by atoms with Crippen LogP contribution in [0.4, 0.5) is 10.5 Å². The number of hydrogen-bond donors (Lipinski definition) is 6. The molecule has 1 aromatic carbocycles. The number of nitrogens with two attached hydrogens (primary N) is 1. The maximum absolute atomic E-state index is 13.1. The third kappa shape index (κ3) is 23.8. The molecule has 303 valence electrons. The molecule has 0 saturated heterocycles. The number of amides is 5. The molecule has 1 unspecified atom stereocenters. The van der Waals surface area contributed by atoms with Gasteiger partial charge in [-0.3, -0.25) is 14.4 Å². The Morgan fingerprint density at radius 3 is 2.19 bits per heavy atom. The molecule has 0 aliphatic heterocycles. The summed E-state index contributed by atoms with van der Waals surface area (Å²) in [7, 11) is 0. The van der Waals surface area contributed by atoms with Gasteiger partial charge in [0.15, 0.2) is 0 Å². The smallest absolute Gasteiger partial charge is 0.312 e. The monoisotopic (exact) mass is 759 g/mol. The van der Waals surface area contributed by atoms with Crippen molar-refractivity contribution < 1.29 is 42.9 Å². The van der Waals surface area contributed by atoms with Crippen LogP contribution in [0, 0.1) is 24.7 Å². The lowest BCUT2D eigenvalue weighted by Gasteiger charge is -2.26. The van der Waals surface area contributed by atoms with E-state index in [0.29, 0.717) is 84.4 Å². The summed E-state index contributed by atoms with van der Waals surface area (Å²) in [4.78, 5) is 48.8. The van der Waals surface area contributed by atoms with Crippen LogP contribution in [0.1, 0.15) is 70.8 Å². The van der Waals surface area contributed by atoms with Gasteiger partial charge in [-0.25, -0.2) is 4.79 Å². The molecule has 15 nitrogen and oxygen atoms in total. The predicted octanol–water partition coefficient (Wildman–Crippen LogP) is 2.28. The third-order valence-electron chi connectivity index (χ3n) is 8.35. The second-order valence-electron chi connectivity index (χ2n) is 13.3. The highest BCUT2D eigenvalue weighted by molar-refractivity contribution is 5.94. The van der Waals surface area contributed by atoms with Crippen molar-refractivity contribution in [3.8, 4) is 11.8 Å². The first-order valence-corrected chi connectivity index (χ1v) is 19.1. The summed E-state index contributed by atoms with van der Waals surface area (Å²) in [5.41, 5.74) is 6.65. The van der Waals surface area contributed by atoms with E-state index in [0.717, 1.165) is 37.7 Å². The standard InChI is InChI=1S/C39H63N6O9/c1-30(2)35(28-43-34(12-9-18-42-39(40)49)38(48)44-32-15-13-31(3)14-16-32)45-36(46)17-20-50-22-24-52-26-27-53-25-23-51-21-19-41-37(47)29-54-33-10-7-5-4-6-8-11-33/h13-16,30,33-35,43H,3-7,9-10,12,17-29H2,1-2H3,(H,41,47)(H,44,48)(H,45,46)(H3,40,42,49)/t33?,34-,35+/m0/s1. The van der Waals surface area contributed by atoms with Crippen molar-refractivity contribution in [2.75, 3.05) is 84.4 Å². The largest absolute Gasteiger partial charge is 0.379 e. The third-order valence-corrected chi connectivity index (χ3v) is 8.35. The van der Waals surface area contributed by atoms with E-state index in [2.05, 4.69) is 45.3 Å². The molecule has 0 heterocycles. The lowest BCUT2D eigenvalue weighted by Crippen LogP contribution is -2.50. The molecule has 1 aliphatic carbocycles. The fraction of sp³-hybridized carbons (Fsp3) is 0.667. The lowest BCUT2D eigenvalue weighted by molar-refractivity contribution is -0.127. The van der Waals surface area contributed by atoms with Crippen molar-refractivity contribution in [2.24, 2.45) is 11.7 Å². The Morgan fingerprint density at radius 2 is 1.52 bits per heavy atom. The van der Waals surface area contributed by atoms with Crippen molar-refractivity contribution in [3.63, 3.8) is 0 Å². The van der Waals surface area contributed by atoms with Crippen molar-refractivity contribution in [3.05, 3.63) is 36.8 Å². The van der Waals surface area contributed by atoms with Gasteiger partial charge in [0, 0.05) is 44.2 Å². The first kappa shape index (κ1) is 46.4. The average molecular weight is 760 g/mol. The van der Waals surface area contributed by atoms with E-state index in [1.54, 1.807) is 12.1 Å². The van der Waals surface area contributed by atoms with Crippen LogP contribution in [0.15, 0.2) is 24.3 Å². The van der Waals surface area contributed by atoms with E-state index >= 15 is 0 Å². The number of ether oxygens (including phenoxy) is 5. The maximum atomic E-state index is 13.1. The van der Waals surface area contributed by atoms with E-state index in [1.807, 2.05) is 26.0 Å². The minimum absolute atomic E-state index is 0.00102. The number of urea groups is 1. The number of nitrogens with one attached hydrogen (secondary N) is 5. The Hall–Kier alpha value is -3.78. The summed E-state index contributed by atoms with van der Waals surface area (Å²) in [5.74, 6) is 5.74. The quantitative estimate of drug-likeness (QED) is 0.0520.